The second kappa shape index (κ2) is 6.13. The second-order valence-corrected chi connectivity index (χ2v) is 5.25. The third-order valence-corrected chi connectivity index (χ3v) is 4.01. The molecule has 0 fully saturated rings. The van der Waals surface area contributed by atoms with Gasteiger partial charge in [0.2, 0.25) is 0 Å². The molecule has 0 radical (unpaired) electrons. The van der Waals surface area contributed by atoms with Crippen LogP contribution in [0.3, 0.4) is 0 Å². The van der Waals surface area contributed by atoms with E-state index in [9.17, 15) is 4.39 Å². The van der Waals surface area contributed by atoms with Gasteiger partial charge in [0.25, 0.3) is 0 Å². The first-order chi connectivity index (χ1) is 7.19. The van der Waals surface area contributed by atoms with Gasteiger partial charge in [0, 0.05) is 22.6 Å². The van der Waals surface area contributed by atoms with Crippen molar-refractivity contribution in [1.29, 1.82) is 0 Å². The van der Waals surface area contributed by atoms with Gasteiger partial charge in [0.15, 0.2) is 0 Å². The highest BCUT2D eigenvalue weighted by Gasteiger charge is 2.16. The van der Waals surface area contributed by atoms with Gasteiger partial charge in [0.1, 0.15) is 5.82 Å². The van der Waals surface area contributed by atoms with Crippen LogP contribution in [0.4, 0.5) is 4.39 Å². The van der Waals surface area contributed by atoms with Crippen LogP contribution in [0, 0.1) is 5.82 Å². The van der Waals surface area contributed by atoms with Gasteiger partial charge in [-0.05, 0) is 12.5 Å². The van der Waals surface area contributed by atoms with Crippen molar-refractivity contribution in [2.45, 2.75) is 30.8 Å². The predicted molar refractivity (Wildman–Crippen MR) is 65.5 cm³/mol. The molecule has 0 bridgehead atoms. The van der Waals surface area contributed by atoms with E-state index in [1.165, 1.54) is 6.07 Å². The molecule has 1 nitrogen and oxygen atoms in total. The number of halogens is 1. The SMILES string of the molecule is CCC(C)SC(CN)c1ccccc1F. The highest BCUT2D eigenvalue weighted by Crippen LogP contribution is 2.33. The van der Waals surface area contributed by atoms with E-state index in [1.807, 2.05) is 12.1 Å². The molecular weight excluding hydrogens is 209 g/mol. The zero-order valence-corrected chi connectivity index (χ0v) is 10.1. The minimum atomic E-state index is -0.149. The highest BCUT2D eigenvalue weighted by molar-refractivity contribution is 8.00. The molecule has 84 valence electrons. The van der Waals surface area contributed by atoms with Crippen LogP contribution in [0.5, 0.6) is 0 Å². The van der Waals surface area contributed by atoms with Crippen molar-refractivity contribution < 1.29 is 4.39 Å². The zero-order chi connectivity index (χ0) is 11.3. The normalized spacial score (nSPS) is 14.9. The Morgan fingerprint density at radius 3 is 2.60 bits per heavy atom. The third kappa shape index (κ3) is 3.50. The largest absolute Gasteiger partial charge is 0.329 e. The predicted octanol–water partition coefficient (Wildman–Crippen LogP) is 3.36. The standard InChI is InChI=1S/C12H18FNS/c1-3-9(2)15-12(8-14)10-6-4-5-7-11(10)13/h4-7,9,12H,3,8,14H2,1-2H3. The van der Waals surface area contributed by atoms with E-state index in [1.54, 1.807) is 17.8 Å². The molecule has 1 rings (SSSR count). The molecule has 2 atom stereocenters. The average molecular weight is 227 g/mol. The summed E-state index contributed by atoms with van der Waals surface area (Å²) in [4.78, 5) is 0. The number of hydrogen-bond acceptors (Lipinski definition) is 2. The summed E-state index contributed by atoms with van der Waals surface area (Å²) in [7, 11) is 0. The molecular formula is C12H18FNS. The van der Waals surface area contributed by atoms with E-state index in [2.05, 4.69) is 13.8 Å². The van der Waals surface area contributed by atoms with Crippen molar-refractivity contribution in [3.8, 4) is 0 Å². The van der Waals surface area contributed by atoms with Crippen molar-refractivity contribution >= 4 is 11.8 Å². The van der Waals surface area contributed by atoms with E-state index < -0.39 is 0 Å². The first kappa shape index (κ1) is 12.5. The molecule has 1 aromatic rings. The smallest absolute Gasteiger partial charge is 0.127 e. The zero-order valence-electron chi connectivity index (χ0n) is 9.24. The Kier molecular flexibility index (Phi) is 5.12. The maximum Gasteiger partial charge on any atom is 0.127 e. The van der Waals surface area contributed by atoms with Crippen LogP contribution in [0.1, 0.15) is 31.1 Å². The second-order valence-electron chi connectivity index (χ2n) is 3.60. The average Bonchev–Trinajstić information content (AvgIpc) is 2.26. The summed E-state index contributed by atoms with van der Waals surface area (Å²) in [6, 6.07) is 6.88. The van der Waals surface area contributed by atoms with Crippen LogP contribution in [-0.2, 0) is 0 Å². The fraction of sp³-hybridized carbons (Fsp3) is 0.500. The Hall–Kier alpha value is -0.540. The van der Waals surface area contributed by atoms with Crippen molar-refractivity contribution in [2.24, 2.45) is 5.73 Å². The Balaban J connectivity index is 2.78. The molecule has 0 spiro atoms. The topological polar surface area (TPSA) is 26.0 Å². The Bertz CT molecular complexity index is 303. The summed E-state index contributed by atoms with van der Waals surface area (Å²) in [6.45, 7) is 4.76. The number of benzene rings is 1. The molecule has 2 unspecified atom stereocenters. The fourth-order valence-corrected chi connectivity index (χ4v) is 2.57. The molecule has 0 saturated carbocycles. The van der Waals surface area contributed by atoms with Gasteiger partial charge >= 0.3 is 0 Å². The van der Waals surface area contributed by atoms with Crippen LogP contribution in [0.25, 0.3) is 0 Å². The third-order valence-electron chi connectivity index (χ3n) is 2.44. The number of thioether (sulfide) groups is 1. The van der Waals surface area contributed by atoms with Crippen molar-refractivity contribution in [1.82, 2.24) is 0 Å². The van der Waals surface area contributed by atoms with Gasteiger partial charge in [0.05, 0.1) is 0 Å². The number of rotatable bonds is 5. The van der Waals surface area contributed by atoms with Gasteiger partial charge in [-0.1, -0.05) is 32.0 Å². The maximum absolute atomic E-state index is 13.5. The summed E-state index contributed by atoms with van der Waals surface area (Å²) in [6.07, 6.45) is 1.08. The summed E-state index contributed by atoms with van der Waals surface area (Å²) in [5, 5.41) is 0.583. The van der Waals surface area contributed by atoms with E-state index in [4.69, 9.17) is 5.73 Å². The lowest BCUT2D eigenvalue weighted by atomic mass is 10.1. The highest BCUT2D eigenvalue weighted by atomic mass is 32.2. The minimum Gasteiger partial charge on any atom is -0.329 e. The molecule has 0 aliphatic heterocycles. The molecule has 0 heterocycles. The molecule has 0 aliphatic rings. The van der Waals surface area contributed by atoms with Gasteiger partial charge < -0.3 is 5.73 Å². The molecule has 0 saturated heterocycles. The van der Waals surface area contributed by atoms with Crippen LogP contribution < -0.4 is 5.73 Å². The molecule has 0 aromatic heterocycles. The Labute approximate surface area is 95.2 Å². The molecule has 0 aliphatic carbocycles. The van der Waals surface area contributed by atoms with Gasteiger partial charge in [-0.15, -0.1) is 11.8 Å². The summed E-state index contributed by atoms with van der Waals surface area (Å²) in [5.41, 5.74) is 6.42. The van der Waals surface area contributed by atoms with E-state index >= 15 is 0 Å². The van der Waals surface area contributed by atoms with E-state index in [0.717, 1.165) is 12.0 Å². The van der Waals surface area contributed by atoms with E-state index in [-0.39, 0.29) is 11.1 Å². The van der Waals surface area contributed by atoms with Gasteiger partial charge in [-0.25, -0.2) is 4.39 Å². The van der Waals surface area contributed by atoms with Crippen LogP contribution in [0.15, 0.2) is 24.3 Å². The number of nitrogens with two attached hydrogens (primary N) is 1. The maximum atomic E-state index is 13.5. The molecule has 15 heavy (non-hydrogen) atoms. The number of hydrogen-bond donors (Lipinski definition) is 1. The lowest BCUT2D eigenvalue weighted by molar-refractivity contribution is 0.607. The molecule has 3 heteroatoms. The van der Waals surface area contributed by atoms with Crippen LogP contribution >= 0.6 is 11.8 Å². The first-order valence-electron chi connectivity index (χ1n) is 5.29. The summed E-state index contributed by atoms with van der Waals surface area (Å²) in [5.74, 6) is -0.149. The fourth-order valence-electron chi connectivity index (χ4n) is 1.37. The lowest BCUT2D eigenvalue weighted by Gasteiger charge is -2.19. The molecule has 1 aromatic carbocycles. The van der Waals surface area contributed by atoms with Crippen LogP contribution in [-0.4, -0.2) is 11.8 Å². The van der Waals surface area contributed by atoms with Crippen molar-refractivity contribution in [3.05, 3.63) is 35.6 Å². The lowest BCUT2D eigenvalue weighted by Crippen LogP contribution is -2.13. The Morgan fingerprint density at radius 2 is 2.07 bits per heavy atom. The summed E-state index contributed by atoms with van der Waals surface area (Å²) < 4.78 is 13.5. The van der Waals surface area contributed by atoms with Gasteiger partial charge in [-0.2, -0.15) is 0 Å². The first-order valence-corrected chi connectivity index (χ1v) is 6.23. The van der Waals surface area contributed by atoms with Crippen LogP contribution in [0.2, 0.25) is 0 Å². The van der Waals surface area contributed by atoms with Crippen molar-refractivity contribution in [3.63, 3.8) is 0 Å². The van der Waals surface area contributed by atoms with Gasteiger partial charge in [-0.3, -0.25) is 0 Å². The summed E-state index contributed by atoms with van der Waals surface area (Å²) >= 11 is 1.75. The molecule has 0 amide bonds. The monoisotopic (exact) mass is 227 g/mol. The quantitative estimate of drug-likeness (QED) is 0.834. The molecule has 2 N–H and O–H groups in total. The Morgan fingerprint density at radius 1 is 1.40 bits per heavy atom. The van der Waals surface area contributed by atoms with E-state index in [0.29, 0.717) is 11.8 Å². The van der Waals surface area contributed by atoms with Crippen molar-refractivity contribution in [2.75, 3.05) is 6.54 Å². The minimum absolute atomic E-state index is 0.0705.